The molecule has 4 nitrogen and oxygen atoms in total. The lowest BCUT2D eigenvalue weighted by atomic mass is 10.3. The Morgan fingerprint density at radius 3 is 2.12 bits per heavy atom. The van der Waals surface area contributed by atoms with Crippen LogP contribution in [0.5, 0.6) is 0 Å². The second-order valence-electron chi connectivity index (χ2n) is 5.53. The van der Waals surface area contributed by atoms with Crippen LogP contribution in [0, 0.1) is 0 Å². The predicted molar refractivity (Wildman–Crippen MR) is 104 cm³/mol. The van der Waals surface area contributed by atoms with E-state index in [1.54, 1.807) is 12.2 Å². The highest BCUT2D eigenvalue weighted by atomic mass is 14.8. The molecule has 4 heterocycles. The van der Waals surface area contributed by atoms with Crippen LogP contribution >= 0.6 is 0 Å². The highest BCUT2D eigenvalue weighted by Crippen LogP contribution is 2.18. The molecule has 25 heavy (non-hydrogen) atoms. The Balaban J connectivity index is 1.50. The smallest absolute Gasteiger partial charge is 0.0842 e. The molecule has 118 valence electrons. The summed E-state index contributed by atoms with van der Waals surface area (Å²) in [7, 11) is 0. The molecule has 0 unspecified atom stereocenters. The molecule has 0 aromatic carbocycles. The van der Waals surface area contributed by atoms with E-state index in [9.17, 15) is 0 Å². The summed E-state index contributed by atoms with van der Waals surface area (Å²) in [6.07, 6.45) is 17.3. The van der Waals surface area contributed by atoms with Gasteiger partial charge in [0, 0.05) is 23.3 Å². The number of allylic oxidation sites excluding steroid dienone is 7. The normalized spacial score (nSPS) is 22.0. The molecule has 0 saturated carbocycles. The van der Waals surface area contributed by atoms with E-state index in [1.165, 1.54) is 0 Å². The summed E-state index contributed by atoms with van der Waals surface area (Å²) in [4.78, 5) is 16.4. The van der Waals surface area contributed by atoms with Crippen molar-refractivity contribution in [1.82, 2.24) is 4.98 Å². The first-order valence-electron chi connectivity index (χ1n) is 7.83. The van der Waals surface area contributed by atoms with Gasteiger partial charge in [-0.25, -0.2) is 9.98 Å². The number of H-pyrrole nitrogens is 1. The van der Waals surface area contributed by atoms with Crippen LogP contribution < -0.4 is 0 Å². The third-order valence-electron chi connectivity index (χ3n) is 3.68. The Bertz CT molecular complexity index is 1050. The van der Waals surface area contributed by atoms with E-state index < -0.39 is 0 Å². The number of nitrogens with one attached hydrogen (secondary N) is 1. The minimum Gasteiger partial charge on any atom is -0.355 e. The summed E-state index contributed by atoms with van der Waals surface area (Å²) in [5.74, 6) is 2.66. The Hall–Kier alpha value is -3.71. The molecule has 0 bridgehead atoms. The van der Waals surface area contributed by atoms with Crippen LogP contribution in [0.25, 0.3) is 12.2 Å². The van der Waals surface area contributed by atoms with E-state index in [-0.39, 0.29) is 0 Å². The fourth-order valence-electron chi connectivity index (χ4n) is 2.52. The van der Waals surface area contributed by atoms with Crippen molar-refractivity contribution in [2.45, 2.75) is 0 Å². The second kappa shape index (κ2) is 6.42. The summed E-state index contributed by atoms with van der Waals surface area (Å²) in [5.41, 5.74) is 9.12. The molecule has 0 aliphatic carbocycles. The first-order chi connectivity index (χ1) is 12.3. The Morgan fingerprint density at radius 1 is 0.840 bits per heavy atom. The maximum Gasteiger partial charge on any atom is 0.0842 e. The van der Waals surface area contributed by atoms with E-state index in [1.807, 2.05) is 54.7 Å². The van der Waals surface area contributed by atoms with E-state index in [2.05, 4.69) is 38.1 Å². The molecule has 1 aromatic heterocycles. The van der Waals surface area contributed by atoms with Gasteiger partial charge in [0.1, 0.15) is 0 Å². The van der Waals surface area contributed by atoms with Gasteiger partial charge in [0.05, 0.1) is 28.5 Å². The number of aromatic nitrogens is 1. The quantitative estimate of drug-likeness (QED) is 0.809. The fraction of sp³-hybridized carbons (Fsp3) is 0. The second-order valence-corrected chi connectivity index (χ2v) is 5.53. The molecule has 3 aliphatic heterocycles. The molecular weight excluding hydrogens is 308 g/mol. The van der Waals surface area contributed by atoms with Gasteiger partial charge in [-0.2, -0.15) is 4.99 Å². The van der Waals surface area contributed by atoms with Gasteiger partial charge in [0.15, 0.2) is 0 Å². The van der Waals surface area contributed by atoms with E-state index in [4.69, 9.17) is 0 Å². The molecular formula is C21H14N4. The van der Waals surface area contributed by atoms with Crippen LogP contribution in [-0.2, 0) is 0 Å². The lowest BCUT2D eigenvalue weighted by Crippen LogP contribution is -1.84. The molecule has 4 rings (SSSR count). The van der Waals surface area contributed by atoms with Crippen LogP contribution in [0.2, 0.25) is 0 Å². The first-order valence-corrected chi connectivity index (χ1v) is 7.83. The van der Waals surface area contributed by atoms with E-state index in [0.29, 0.717) is 0 Å². The van der Waals surface area contributed by atoms with Crippen molar-refractivity contribution in [3.63, 3.8) is 0 Å². The predicted octanol–water partition coefficient (Wildman–Crippen LogP) is 4.18. The average Bonchev–Trinajstić information content (AvgIpc) is 3.38. The molecule has 4 heteroatoms. The topological polar surface area (TPSA) is 52.9 Å². The molecule has 0 saturated heterocycles. The SMILES string of the molecule is C=CC1=NC(=Cc2ccc(C=C3C=CC(C=C4C=C=C=N4)=N3)[nH]2)C=C1. The van der Waals surface area contributed by atoms with Crippen molar-refractivity contribution in [3.05, 3.63) is 95.5 Å². The van der Waals surface area contributed by atoms with Gasteiger partial charge < -0.3 is 4.98 Å². The Kier molecular flexibility index (Phi) is 3.82. The third-order valence-corrected chi connectivity index (χ3v) is 3.68. The van der Waals surface area contributed by atoms with Gasteiger partial charge >= 0.3 is 0 Å². The van der Waals surface area contributed by atoms with E-state index in [0.717, 1.165) is 39.9 Å². The number of hydrogen-bond acceptors (Lipinski definition) is 3. The van der Waals surface area contributed by atoms with Gasteiger partial charge in [-0.05, 0) is 66.5 Å². The van der Waals surface area contributed by atoms with Crippen molar-refractivity contribution < 1.29 is 0 Å². The molecule has 1 N–H and O–H groups in total. The maximum atomic E-state index is 4.56. The lowest BCUT2D eigenvalue weighted by Gasteiger charge is -1.92. The van der Waals surface area contributed by atoms with Gasteiger partial charge in [0.25, 0.3) is 0 Å². The number of rotatable bonds is 4. The summed E-state index contributed by atoms with van der Waals surface area (Å²) in [6, 6.07) is 4.04. The number of aliphatic imine (C=N–C) groups is 3. The van der Waals surface area contributed by atoms with Crippen molar-refractivity contribution in [2.24, 2.45) is 15.0 Å². The lowest BCUT2D eigenvalue weighted by molar-refractivity contribution is 1.32. The summed E-state index contributed by atoms with van der Waals surface area (Å²) in [5, 5.41) is 0. The molecule has 1 aromatic rings. The van der Waals surface area contributed by atoms with Gasteiger partial charge in [-0.1, -0.05) is 6.58 Å². The number of aromatic amines is 1. The monoisotopic (exact) mass is 322 g/mol. The van der Waals surface area contributed by atoms with Gasteiger partial charge in [-0.3, -0.25) is 0 Å². The Morgan fingerprint density at radius 2 is 1.52 bits per heavy atom. The summed E-state index contributed by atoms with van der Waals surface area (Å²) >= 11 is 0. The fourth-order valence-corrected chi connectivity index (χ4v) is 2.52. The van der Waals surface area contributed by atoms with Crippen LogP contribution in [0.1, 0.15) is 11.4 Å². The zero-order chi connectivity index (χ0) is 17.1. The third kappa shape index (κ3) is 3.46. The van der Waals surface area contributed by atoms with Crippen molar-refractivity contribution in [2.75, 3.05) is 0 Å². The largest absolute Gasteiger partial charge is 0.355 e. The highest BCUT2D eigenvalue weighted by molar-refractivity contribution is 6.08. The summed E-state index contributed by atoms with van der Waals surface area (Å²) < 4.78 is 0. The van der Waals surface area contributed by atoms with Crippen molar-refractivity contribution in [1.29, 1.82) is 0 Å². The maximum absolute atomic E-state index is 4.56. The van der Waals surface area contributed by atoms with Gasteiger partial charge in [-0.15, -0.1) is 0 Å². The molecule has 0 atom stereocenters. The van der Waals surface area contributed by atoms with E-state index >= 15 is 0 Å². The number of hydrogen-bond donors (Lipinski definition) is 1. The van der Waals surface area contributed by atoms with Gasteiger partial charge in [0.2, 0.25) is 0 Å². The average molecular weight is 322 g/mol. The zero-order valence-corrected chi connectivity index (χ0v) is 13.4. The molecule has 0 amide bonds. The Labute approximate surface area is 145 Å². The minimum absolute atomic E-state index is 0.808. The standard InChI is InChI=1S/C21H14N4/c1-2-15-5-6-18(23-15)13-19-9-10-21(25-19)14-20-8-7-17(24-20)12-16-4-3-11-22-16/h2,4-10,12-14,25H,1H2. The molecule has 0 spiro atoms. The highest BCUT2D eigenvalue weighted by Gasteiger charge is 2.05. The zero-order valence-electron chi connectivity index (χ0n) is 13.4. The van der Waals surface area contributed by atoms with Crippen LogP contribution in [0.15, 0.2) is 99.0 Å². The van der Waals surface area contributed by atoms with Crippen LogP contribution in [0.4, 0.5) is 0 Å². The van der Waals surface area contributed by atoms with Crippen LogP contribution in [-0.4, -0.2) is 22.3 Å². The molecule has 0 radical (unpaired) electrons. The van der Waals surface area contributed by atoms with Crippen molar-refractivity contribution in [3.8, 4) is 0 Å². The first kappa shape index (κ1) is 14.9. The number of nitrogens with zero attached hydrogens (tertiary/aromatic N) is 3. The minimum atomic E-state index is 0.808. The molecule has 0 fully saturated rings. The van der Waals surface area contributed by atoms with Crippen LogP contribution in [0.3, 0.4) is 0 Å². The van der Waals surface area contributed by atoms with Crippen molar-refractivity contribution >= 4 is 29.4 Å². The summed E-state index contributed by atoms with van der Waals surface area (Å²) in [6.45, 7) is 3.72. The molecule has 3 aliphatic rings.